The summed E-state index contributed by atoms with van der Waals surface area (Å²) in [4.78, 5) is 18.8. The van der Waals surface area contributed by atoms with Crippen LogP contribution in [0.25, 0.3) is 0 Å². The second-order valence-corrected chi connectivity index (χ2v) is 9.24. The predicted octanol–water partition coefficient (Wildman–Crippen LogP) is 3.89. The molecule has 9 heteroatoms. The molecule has 1 fully saturated rings. The molecule has 2 aromatic heterocycles. The van der Waals surface area contributed by atoms with E-state index in [4.69, 9.17) is 4.74 Å². The molecule has 1 atom stereocenters. The van der Waals surface area contributed by atoms with E-state index in [-0.39, 0.29) is 6.09 Å². The number of H-pyrrole nitrogens is 1. The summed E-state index contributed by atoms with van der Waals surface area (Å²) in [6, 6.07) is 11.7. The fourth-order valence-electron chi connectivity index (χ4n) is 3.68. The molecule has 1 aliphatic heterocycles. The van der Waals surface area contributed by atoms with Crippen molar-refractivity contribution in [1.29, 1.82) is 0 Å². The quantitative estimate of drug-likeness (QED) is 0.583. The highest BCUT2D eigenvalue weighted by Gasteiger charge is 2.28. The summed E-state index contributed by atoms with van der Waals surface area (Å²) in [6.07, 6.45) is 4.22. The zero-order valence-electron chi connectivity index (χ0n) is 17.7. The van der Waals surface area contributed by atoms with Crippen LogP contribution in [0.15, 0.2) is 47.8 Å². The summed E-state index contributed by atoms with van der Waals surface area (Å²) in [5.41, 5.74) is 3.30. The van der Waals surface area contributed by atoms with Gasteiger partial charge in [0.15, 0.2) is 0 Å². The first kappa shape index (κ1) is 21.3. The maximum absolute atomic E-state index is 12.6. The SMILES string of the molecule is Cc1ccc(Cc2ccc(OC(=O)N3CCC(C(C)Sc4nnn[nH]4)CC3)cc2)nc1. The van der Waals surface area contributed by atoms with Crippen LogP contribution in [0.3, 0.4) is 0 Å². The van der Waals surface area contributed by atoms with Gasteiger partial charge in [0.25, 0.3) is 0 Å². The van der Waals surface area contributed by atoms with E-state index in [0.717, 1.165) is 41.2 Å². The van der Waals surface area contributed by atoms with Gasteiger partial charge in [-0.25, -0.2) is 9.89 Å². The van der Waals surface area contributed by atoms with Crippen LogP contribution in [0, 0.1) is 12.8 Å². The summed E-state index contributed by atoms with van der Waals surface area (Å²) in [5.74, 6) is 1.07. The molecule has 3 heterocycles. The van der Waals surface area contributed by atoms with Crippen molar-refractivity contribution in [3.8, 4) is 5.75 Å². The van der Waals surface area contributed by atoms with E-state index in [1.54, 1.807) is 16.7 Å². The zero-order chi connectivity index (χ0) is 21.6. The molecule has 0 radical (unpaired) electrons. The molecule has 1 aliphatic rings. The average molecular weight is 439 g/mol. The van der Waals surface area contributed by atoms with Crippen molar-refractivity contribution in [2.24, 2.45) is 5.92 Å². The predicted molar refractivity (Wildman–Crippen MR) is 118 cm³/mol. The Hall–Kier alpha value is -2.94. The fraction of sp³-hybridized carbons (Fsp3) is 0.409. The lowest BCUT2D eigenvalue weighted by Crippen LogP contribution is -2.41. The van der Waals surface area contributed by atoms with Gasteiger partial charge in [0.1, 0.15) is 5.75 Å². The molecule has 1 amide bonds. The number of aromatic nitrogens is 5. The first-order valence-corrected chi connectivity index (χ1v) is 11.3. The Balaban J connectivity index is 1.24. The van der Waals surface area contributed by atoms with Crippen LogP contribution in [-0.2, 0) is 6.42 Å². The van der Waals surface area contributed by atoms with Gasteiger partial charge in [0, 0.05) is 36.7 Å². The number of piperidine rings is 1. The third kappa shape index (κ3) is 5.81. The molecule has 0 saturated carbocycles. The average Bonchev–Trinajstić information content (AvgIpc) is 3.30. The van der Waals surface area contributed by atoms with Crippen molar-refractivity contribution in [1.82, 2.24) is 30.5 Å². The molecule has 4 rings (SSSR count). The zero-order valence-corrected chi connectivity index (χ0v) is 18.5. The number of aryl methyl sites for hydroxylation is 1. The van der Waals surface area contributed by atoms with Crippen molar-refractivity contribution in [3.63, 3.8) is 0 Å². The van der Waals surface area contributed by atoms with Crippen LogP contribution >= 0.6 is 11.8 Å². The minimum absolute atomic E-state index is 0.286. The van der Waals surface area contributed by atoms with Crippen LogP contribution in [0.4, 0.5) is 4.79 Å². The molecule has 1 saturated heterocycles. The summed E-state index contributed by atoms with van der Waals surface area (Å²) < 4.78 is 5.59. The number of nitrogens with zero attached hydrogens (tertiary/aromatic N) is 5. The molecule has 31 heavy (non-hydrogen) atoms. The Labute approximate surface area is 185 Å². The number of rotatable bonds is 6. The third-order valence-corrected chi connectivity index (χ3v) is 6.72. The number of pyridine rings is 1. The molecule has 8 nitrogen and oxygen atoms in total. The lowest BCUT2D eigenvalue weighted by Gasteiger charge is -2.33. The maximum Gasteiger partial charge on any atom is 0.415 e. The summed E-state index contributed by atoms with van der Waals surface area (Å²) in [5, 5.41) is 15.0. The molecule has 0 bridgehead atoms. The van der Waals surface area contributed by atoms with Gasteiger partial charge >= 0.3 is 6.09 Å². The number of nitrogens with one attached hydrogen (secondary N) is 1. The highest BCUT2D eigenvalue weighted by Crippen LogP contribution is 2.31. The molecular weight excluding hydrogens is 412 g/mol. The van der Waals surface area contributed by atoms with Gasteiger partial charge < -0.3 is 9.64 Å². The normalized spacial score (nSPS) is 15.6. The van der Waals surface area contributed by atoms with Crippen LogP contribution in [-0.4, -0.2) is 54.9 Å². The molecule has 3 aromatic rings. The molecule has 0 aliphatic carbocycles. The summed E-state index contributed by atoms with van der Waals surface area (Å²) in [6.45, 7) is 5.60. The Bertz CT molecular complexity index is 970. The van der Waals surface area contributed by atoms with Gasteiger partial charge in [-0.1, -0.05) is 36.9 Å². The van der Waals surface area contributed by atoms with E-state index in [2.05, 4.69) is 38.6 Å². The van der Waals surface area contributed by atoms with E-state index in [9.17, 15) is 4.79 Å². The van der Waals surface area contributed by atoms with E-state index in [1.165, 1.54) is 0 Å². The fourth-order valence-corrected chi connectivity index (χ4v) is 4.67. The Morgan fingerprint density at radius 2 is 2.00 bits per heavy atom. The lowest BCUT2D eigenvalue weighted by molar-refractivity contribution is 0.131. The second-order valence-electron chi connectivity index (χ2n) is 7.87. The lowest BCUT2D eigenvalue weighted by atomic mass is 9.94. The number of ether oxygens (including phenoxy) is 1. The van der Waals surface area contributed by atoms with Gasteiger partial charge in [-0.05, 0) is 65.4 Å². The first-order valence-electron chi connectivity index (χ1n) is 10.4. The van der Waals surface area contributed by atoms with Crippen LogP contribution in [0.5, 0.6) is 5.75 Å². The number of carbonyl (C=O) groups is 1. The van der Waals surface area contributed by atoms with Crippen LogP contribution in [0.1, 0.15) is 36.6 Å². The topological polar surface area (TPSA) is 96.9 Å². The van der Waals surface area contributed by atoms with Crippen molar-refractivity contribution < 1.29 is 9.53 Å². The van der Waals surface area contributed by atoms with Crippen LogP contribution in [0.2, 0.25) is 0 Å². The molecule has 1 aromatic carbocycles. The number of aromatic amines is 1. The van der Waals surface area contributed by atoms with E-state index in [0.29, 0.717) is 30.0 Å². The minimum Gasteiger partial charge on any atom is -0.410 e. The second kappa shape index (κ2) is 9.91. The van der Waals surface area contributed by atoms with Crippen molar-refractivity contribution in [2.75, 3.05) is 13.1 Å². The highest BCUT2D eigenvalue weighted by atomic mass is 32.2. The molecule has 162 valence electrons. The number of hydrogen-bond donors (Lipinski definition) is 1. The monoisotopic (exact) mass is 438 g/mol. The van der Waals surface area contributed by atoms with Crippen LogP contribution < -0.4 is 4.74 Å². The van der Waals surface area contributed by atoms with Gasteiger partial charge in [0.2, 0.25) is 5.16 Å². The van der Waals surface area contributed by atoms with Gasteiger partial charge in [-0.3, -0.25) is 4.98 Å². The Kier molecular flexibility index (Phi) is 6.81. The highest BCUT2D eigenvalue weighted by molar-refractivity contribution is 7.99. The third-order valence-electron chi connectivity index (χ3n) is 5.57. The number of carbonyl (C=O) groups excluding carboxylic acids is 1. The number of tetrazole rings is 1. The van der Waals surface area contributed by atoms with E-state index >= 15 is 0 Å². The first-order chi connectivity index (χ1) is 15.1. The molecule has 1 N–H and O–H groups in total. The largest absolute Gasteiger partial charge is 0.415 e. The minimum atomic E-state index is -0.286. The van der Waals surface area contributed by atoms with E-state index in [1.807, 2.05) is 43.5 Å². The maximum atomic E-state index is 12.6. The number of amides is 1. The van der Waals surface area contributed by atoms with Gasteiger partial charge in [0.05, 0.1) is 0 Å². The molecular formula is C22H26N6O2S. The Morgan fingerprint density at radius 1 is 1.23 bits per heavy atom. The van der Waals surface area contributed by atoms with Crippen molar-refractivity contribution in [3.05, 3.63) is 59.4 Å². The summed E-state index contributed by atoms with van der Waals surface area (Å²) >= 11 is 1.64. The number of hydrogen-bond acceptors (Lipinski definition) is 7. The van der Waals surface area contributed by atoms with Gasteiger partial charge in [-0.15, -0.1) is 5.10 Å². The summed E-state index contributed by atoms with van der Waals surface area (Å²) in [7, 11) is 0. The van der Waals surface area contributed by atoms with E-state index < -0.39 is 0 Å². The number of benzene rings is 1. The number of likely N-dealkylation sites (tertiary alicyclic amines) is 1. The van der Waals surface area contributed by atoms with Crippen molar-refractivity contribution in [2.45, 2.75) is 43.5 Å². The van der Waals surface area contributed by atoms with Crippen molar-refractivity contribution >= 4 is 17.9 Å². The van der Waals surface area contributed by atoms with Gasteiger partial charge in [-0.2, -0.15) is 0 Å². The molecule has 0 spiro atoms. The molecule has 1 unspecified atom stereocenters. The Morgan fingerprint density at radius 3 is 2.65 bits per heavy atom. The smallest absolute Gasteiger partial charge is 0.410 e. The number of thioether (sulfide) groups is 1. The standard InChI is InChI=1S/C22H26N6O2S/c1-15-3-6-19(23-14-15)13-17-4-7-20(8-5-17)30-22(29)28-11-9-18(10-12-28)16(2)31-21-24-26-27-25-21/h3-8,14,16,18H,9-13H2,1-2H3,(H,24,25,26,27).